The van der Waals surface area contributed by atoms with Gasteiger partial charge in [0.15, 0.2) is 5.75 Å². The fraction of sp³-hybridized carbons (Fsp3) is 0. The summed E-state index contributed by atoms with van der Waals surface area (Å²) in [6.45, 7) is 0. The summed E-state index contributed by atoms with van der Waals surface area (Å²) >= 11 is -1.53. The van der Waals surface area contributed by atoms with E-state index in [0.29, 0.717) is 16.2 Å². The van der Waals surface area contributed by atoms with Crippen LogP contribution < -0.4 is 4.18 Å². The van der Waals surface area contributed by atoms with E-state index in [-0.39, 0.29) is 0 Å². The number of hydrogen-bond acceptors (Lipinski definition) is 3. The summed E-state index contributed by atoms with van der Waals surface area (Å²) in [4.78, 5) is 4.90. The number of pyridine rings is 1. The van der Waals surface area contributed by atoms with Crippen LogP contribution in [0.1, 0.15) is 0 Å². The number of benzene rings is 2. The predicted octanol–water partition coefficient (Wildman–Crippen LogP) is 3.34. The summed E-state index contributed by atoms with van der Waals surface area (Å²) in [6, 6.07) is 18.5. The van der Waals surface area contributed by atoms with Crippen LogP contribution >= 0.6 is 0 Å². The van der Waals surface area contributed by atoms with E-state index in [1.165, 1.54) is 0 Å². The molecule has 1 atom stereocenters. The number of aromatic nitrogens is 1. The van der Waals surface area contributed by atoms with Crippen molar-refractivity contribution in [1.29, 1.82) is 0 Å². The number of hydrogen-bond donors (Lipinski definition) is 0. The maximum atomic E-state index is 12.1. The van der Waals surface area contributed by atoms with Crippen molar-refractivity contribution in [2.75, 3.05) is 0 Å². The van der Waals surface area contributed by atoms with Crippen LogP contribution in [0.3, 0.4) is 0 Å². The highest BCUT2D eigenvalue weighted by Crippen LogP contribution is 2.24. The van der Waals surface area contributed by atoms with Gasteiger partial charge in [-0.25, -0.2) is 4.21 Å². The second-order valence-electron chi connectivity index (χ2n) is 3.96. The first-order valence-electron chi connectivity index (χ1n) is 5.83. The van der Waals surface area contributed by atoms with E-state index in [1.807, 2.05) is 42.5 Å². The second kappa shape index (κ2) is 5.20. The Morgan fingerprint density at radius 2 is 1.68 bits per heavy atom. The molecule has 4 heteroatoms. The van der Waals surface area contributed by atoms with Crippen LogP contribution in [0.2, 0.25) is 0 Å². The summed E-state index contributed by atoms with van der Waals surface area (Å²) in [5, 5.41) is 0.963. The number of fused-ring (bicyclic) bond motifs is 1. The molecule has 0 saturated carbocycles. The first-order chi connectivity index (χ1) is 9.34. The smallest absolute Gasteiger partial charge is 0.240 e. The minimum Gasteiger partial charge on any atom is -0.395 e. The lowest BCUT2D eigenvalue weighted by molar-refractivity contribution is 0.565. The molecule has 0 aliphatic heterocycles. The fourth-order valence-corrected chi connectivity index (χ4v) is 2.58. The Labute approximate surface area is 113 Å². The molecule has 3 aromatic rings. The molecule has 1 aromatic heterocycles. The monoisotopic (exact) mass is 269 g/mol. The van der Waals surface area contributed by atoms with Crippen LogP contribution in [0, 0.1) is 0 Å². The molecule has 0 aliphatic carbocycles. The van der Waals surface area contributed by atoms with Crippen molar-refractivity contribution >= 4 is 22.0 Å². The number of rotatable bonds is 3. The van der Waals surface area contributed by atoms with Gasteiger partial charge in [0.05, 0.1) is 4.90 Å². The van der Waals surface area contributed by atoms with Gasteiger partial charge in [-0.3, -0.25) is 4.98 Å². The molecule has 0 bridgehead atoms. The van der Waals surface area contributed by atoms with E-state index in [9.17, 15) is 4.21 Å². The van der Waals surface area contributed by atoms with E-state index in [4.69, 9.17) is 4.18 Å². The van der Waals surface area contributed by atoms with Gasteiger partial charge in [0.25, 0.3) is 0 Å². The first-order valence-corrected chi connectivity index (χ1v) is 6.91. The molecule has 1 unspecified atom stereocenters. The van der Waals surface area contributed by atoms with E-state index in [1.54, 1.807) is 24.4 Å². The third-order valence-electron chi connectivity index (χ3n) is 2.70. The Balaban J connectivity index is 1.96. The Kier molecular flexibility index (Phi) is 3.25. The molecular formula is C15H11NO2S. The molecular weight excluding hydrogens is 258 g/mol. The fourth-order valence-electron chi connectivity index (χ4n) is 1.80. The molecule has 0 spiro atoms. The Hall–Kier alpha value is -2.20. The third kappa shape index (κ3) is 2.48. The summed E-state index contributed by atoms with van der Waals surface area (Å²) in [7, 11) is 0. The summed E-state index contributed by atoms with van der Waals surface area (Å²) in [5.74, 6) is 0.528. The molecule has 0 fully saturated rings. The van der Waals surface area contributed by atoms with Crippen LogP contribution in [0.5, 0.6) is 5.75 Å². The lowest BCUT2D eigenvalue weighted by Crippen LogP contribution is -2.01. The molecule has 3 rings (SSSR count). The summed E-state index contributed by atoms with van der Waals surface area (Å²) < 4.78 is 17.6. The first kappa shape index (κ1) is 11.9. The molecule has 0 amide bonds. The van der Waals surface area contributed by atoms with Gasteiger partial charge in [-0.1, -0.05) is 36.4 Å². The van der Waals surface area contributed by atoms with Crippen LogP contribution in [0.4, 0.5) is 0 Å². The lowest BCUT2D eigenvalue weighted by Gasteiger charge is -2.07. The van der Waals surface area contributed by atoms with Crippen molar-refractivity contribution in [3.8, 4) is 5.75 Å². The average molecular weight is 269 g/mol. The Morgan fingerprint density at radius 3 is 2.53 bits per heavy atom. The van der Waals surface area contributed by atoms with E-state index in [0.717, 1.165) is 5.39 Å². The zero-order valence-electron chi connectivity index (χ0n) is 10.0. The average Bonchev–Trinajstić information content (AvgIpc) is 2.48. The molecule has 2 aromatic carbocycles. The molecule has 19 heavy (non-hydrogen) atoms. The highest BCUT2D eigenvalue weighted by atomic mass is 32.2. The van der Waals surface area contributed by atoms with Crippen molar-refractivity contribution < 1.29 is 8.39 Å². The van der Waals surface area contributed by atoms with Crippen molar-refractivity contribution in [2.24, 2.45) is 0 Å². The zero-order chi connectivity index (χ0) is 13.1. The maximum Gasteiger partial charge on any atom is 0.240 e. The topological polar surface area (TPSA) is 39.2 Å². The normalized spacial score (nSPS) is 12.2. The Morgan fingerprint density at radius 1 is 0.895 bits per heavy atom. The molecule has 1 heterocycles. The minimum absolute atomic E-state index is 0.528. The number of para-hydroxylation sites is 1. The van der Waals surface area contributed by atoms with Gasteiger partial charge in [0, 0.05) is 11.6 Å². The predicted molar refractivity (Wildman–Crippen MR) is 75.2 cm³/mol. The highest BCUT2D eigenvalue weighted by Gasteiger charge is 2.09. The van der Waals surface area contributed by atoms with Gasteiger partial charge in [0.2, 0.25) is 11.1 Å². The van der Waals surface area contributed by atoms with Crippen LogP contribution in [0.15, 0.2) is 71.8 Å². The molecule has 0 radical (unpaired) electrons. The van der Waals surface area contributed by atoms with Gasteiger partial charge < -0.3 is 4.18 Å². The SMILES string of the molecule is O=S(Oc1cccc2cccnc12)c1ccccc1. The second-order valence-corrected chi connectivity index (χ2v) is 5.07. The van der Waals surface area contributed by atoms with Crippen molar-refractivity contribution in [1.82, 2.24) is 4.98 Å². The van der Waals surface area contributed by atoms with Crippen LogP contribution in [0.25, 0.3) is 10.9 Å². The molecule has 0 saturated heterocycles. The van der Waals surface area contributed by atoms with Gasteiger partial charge >= 0.3 is 0 Å². The van der Waals surface area contributed by atoms with Crippen molar-refractivity contribution in [2.45, 2.75) is 4.90 Å². The Bertz CT molecular complexity index is 723. The van der Waals surface area contributed by atoms with E-state index >= 15 is 0 Å². The van der Waals surface area contributed by atoms with Crippen molar-refractivity contribution in [3.63, 3.8) is 0 Å². The summed E-state index contributed by atoms with van der Waals surface area (Å²) in [5.41, 5.74) is 0.717. The van der Waals surface area contributed by atoms with Gasteiger partial charge in [0.1, 0.15) is 5.52 Å². The van der Waals surface area contributed by atoms with Gasteiger partial charge in [-0.05, 0) is 24.3 Å². The lowest BCUT2D eigenvalue weighted by atomic mass is 10.2. The van der Waals surface area contributed by atoms with Crippen molar-refractivity contribution in [3.05, 3.63) is 66.9 Å². The molecule has 3 nitrogen and oxygen atoms in total. The van der Waals surface area contributed by atoms with Gasteiger partial charge in [-0.15, -0.1) is 0 Å². The van der Waals surface area contributed by atoms with E-state index < -0.39 is 11.1 Å². The molecule has 0 N–H and O–H groups in total. The quantitative estimate of drug-likeness (QED) is 0.732. The van der Waals surface area contributed by atoms with E-state index in [2.05, 4.69) is 4.98 Å². The largest absolute Gasteiger partial charge is 0.395 e. The van der Waals surface area contributed by atoms with Gasteiger partial charge in [-0.2, -0.15) is 0 Å². The highest BCUT2D eigenvalue weighted by molar-refractivity contribution is 7.80. The standard InChI is InChI=1S/C15H11NO2S/c17-19(13-8-2-1-3-9-13)18-14-10-4-6-12-7-5-11-16-15(12)14/h1-11H. The maximum absolute atomic E-state index is 12.1. The van der Waals surface area contributed by atoms with Crippen LogP contribution in [-0.4, -0.2) is 9.19 Å². The molecule has 94 valence electrons. The molecule has 0 aliphatic rings. The minimum atomic E-state index is -1.53. The zero-order valence-corrected chi connectivity index (χ0v) is 10.8. The number of nitrogens with zero attached hydrogens (tertiary/aromatic N) is 1. The summed E-state index contributed by atoms with van der Waals surface area (Å²) in [6.07, 6.45) is 1.70. The third-order valence-corrected chi connectivity index (χ3v) is 3.68. The van der Waals surface area contributed by atoms with Crippen LogP contribution in [-0.2, 0) is 11.1 Å².